The molecule has 0 unspecified atom stereocenters. The predicted molar refractivity (Wildman–Crippen MR) is 150 cm³/mol. The number of benzene rings is 1. The monoisotopic (exact) mass is 513 g/mol. The van der Waals surface area contributed by atoms with E-state index in [-0.39, 0.29) is 5.82 Å². The van der Waals surface area contributed by atoms with Crippen LogP contribution in [0.2, 0.25) is 0 Å². The predicted octanol–water partition coefficient (Wildman–Crippen LogP) is 3.10. The van der Waals surface area contributed by atoms with Gasteiger partial charge in [0.1, 0.15) is 17.2 Å². The Hall–Kier alpha value is -4.02. The molecule has 10 heteroatoms. The smallest absolute Gasteiger partial charge is 0.159 e. The fourth-order valence-corrected chi connectivity index (χ4v) is 5.07. The van der Waals surface area contributed by atoms with Crippen molar-refractivity contribution in [2.24, 2.45) is 4.99 Å². The van der Waals surface area contributed by atoms with Gasteiger partial charge in [-0.1, -0.05) is 0 Å². The number of anilines is 2. The van der Waals surface area contributed by atoms with Crippen molar-refractivity contribution in [3.63, 3.8) is 0 Å². The highest BCUT2D eigenvalue weighted by atomic mass is 19.1. The Morgan fingerprint density at radius 3 is 2.68 bits per heavy atom. The van der Waals surface area contributed by atoms with Crippen molar-refractivity contribution >= 4 is 22.9 Å². The van der Waals surface area contributed by atoms with Crippen molar-refractivity contribution in [3.8, 4) is 11.1 Å². The van der Waals surface area contributed by atoms with E-state index in [1.54, 1.807) is 18.5 Å². The van der Waals surface area contributed by atoms with Crippen molar-refractivity contribution in [1.29, 1.82) is 0 Å². The Kier molecular flexibility index (Phi) is 6.42. The fraction of sp³-hybridized carbons (Fsp3) is 0.321. The van der Waals surface area contributed by atoms with Gasteiger partial charge in [0.05, 0.1) is 24.2 Å². The number of H-pyrrole nitrogens is 1. The van der Waals surface area contributed by atoms with Crippen molar-refractivity contribution in [3.05, 3.63) is 77.4 Å². The molecule has 1 aromatic carbocycles. The number of pyridine rings is 1. The van der Waals surface area contributed by atoms with Gasteiger partial charge in [-0.3, -0.25) is 15.3 Å². The molecule has 3 aromatic rings. The van der Waals surface area contributed by atoms with Gasteiger partial charge < -0.3 is 25.0 Å². The number of aromatic nitrogens is 3. The molecule has 0 aliphatic carbocycles. The molecule has 2 aromatic heterocycles. The van der Waals surface area contributed by atoms with Crippen molar-refractivity contribution < 1.29 is 4.39 Å². The summed E-state index contributed by atoms with van der Waals surface area (Å²) < 4.78 is 15.4. The third-order valence-corrected chi connectivity index (χ3v) is 7.26. The van der Waals surface area contributed by atoms with Crippen LogP contribution in [-0.2, 0) is 6.54 Å². The maximum atomic E-state index is 15.4. The number of nitrogens with one attached hydrogen (secondary N) is 3. The number of nitrogens with zero attached hydrogens (tertiary/aromatic N) is 6. The summed E-state index contributed by atoms with van der Waals surface area (Å²) >= 11 is 0. The molecule has 5 heterocycles. The lowest BCUT2D eigenvalue weighted by Crippen LogP contribution is -2.43. The van der Waals surface area contributed by atoms with E-state index >= 15 is 4.39 Å². The van der Waals surface area contributed by atoms with Gasteiger partial charge in [-0.2, -0.15) is 0 Å². The summed E-state index contributed by atoms with van der Waals surface area (Å²) in [6.45, 7) is 4.84. The van der Waals surface area contributed by atoms with E-state index in [9.17, 15) is 0 Å². The molecule has 1 saturated heterocycles. The molecule has 0 saturated carbocycles. The molecule has 9 nitrogen and oxygen atoms in total. The molecule has 3 aliphatic rings. The molecule has 3 N–H and O–H groups in total. The van der Waals surface area contributed by atoms with E-state index in [1.807, 2.05) is 43.4 Å². The van der Waals surface area contributed by atoms with Crippen LogP contribution in [0.5, 0.6) is 0 Å². The Morgan fingerprint density at radius 1 is 1.03 bits per heavy atom. The van der Waals surface area contributed by atoms with Gasteiger partial charge >= 0.3 is 0 Å². The van der Waals surface area contributed by atoms with Crippen LogP contribution in [0.3, 0.4) is 0 Å². The van der Waals surface area contributed by atoms with E-state index in [2.05, 4.69) is 43.5 Å². The minimum absolute atomic E-state index is 0.285. The third-order valence-electron chi connectivity index (χ3n) is 7.26. The van der Waals surface area contributed by atoms with Crippen LogP contribution < -0.4 is 15.5 Å². The lowest BCUT2D eigenvalue weighted by Gasteiger charge is -2.35. The number of hydrogen-bond donors (Lipinski definition) is 3. The zero-order chi connectivity index (χ0) is 26.2. The molecule has 0 atom stereocenters. The minimum atomic E-state index is -0.285. The number of halogens is 1. The van der Waals surface area contributed by atoms with Crippen LogP contribution in [0.1, 0.15) is 22.6 Å². The second kappa shape index (κ2) is 10.0. The number of imidazole rings is 1. The number of likely N-dealkylation sites (N-methyl/N-ethyl adjacent to an activating group) is 1. The number of fused-ring (bicyclic) bond motifs is 2. The molecule has 38 heavy (non-hydrogen) atoms. The molecular weight excluding hydrogens is 481 g/mol. The molecule has 3 aliphatic heterocycles. The summed E-state index contributed by atoms with van der Waals surface area (Å²) in [6, 6.07) is 5.43. The van der Waals surface area contributed by atoms with Crippen LogP contribution in [0, 0.1) is 5.82 Å². The Morgan fingerprint density at radius 2 is 1.87 bits per heavy atom. The normalized spacial score (nSPS) is 17.5. The van der Waals surface area contributed by atoms with Gasteiger partial charge in [0.2, 0.25) is 0 Å². The third kappa shape index (κ3) is 4.57. The van der Waals surface area contributed by atoms with Crippen LogP contribution >= 0.6 is 0 Å². The highest BCUT2D eigenvalue weighted by Gasteiger charge is 2.26. The summed E-state index contributed by atoms with van der Waals surface area (Å²) in [5.74, 6) is 1.12. The number of hydrogen-bond acceptors (Lipinski definition) is 8. The molecule has 0 bridgehead atoms. The Bertz CT molecular complexity index is 1440. The maximum Gasteiger partial charge on any atom is 0.159 e. The van der Waals surface area contributed by atoms with Crippen molar-refractivity contribution in [2.45, 2.75) is 6.54 Å². The number of rotatable bonds is 4. The van der Waals surface area contributed by atoms with E-state index in [0.717, 1.165) is 65.8 Å². The second-order valence-electron chi connectivity index (χ2n) is 10.1. The lowest BCUT2D eigenvalue weighted by atomic mass is 9.96. The van der Waals surface area contributed by atoms with Crippen molar-refractivity contribution in [2.75, 3.05) is 64.2 Å². The van der Waals surface area contributed by atoms with E-state index in [4.69, 9.17) is 9.98 Å². The highest BCUT2D eigenvalue weighted by Crippen LogP contribution is 2.32. The largest absolute Gasteiger partial charge is 0.376 e. The SMILES string of the molecule is CN1CCN(C2=CC=CNc3nc(C4=NCNCc5cc(F)c(-c6cncc(N(C)C)c6)cc54)[nH]c32)CC1. The fourth-order valence-electron chi connectivity index (χ4n) is 5.07. The first-order valence-electron chi connectivity index (χ1n) is 12.9. The van der Waals surface area contributed by atoms with E-state index in [1.165, 1.54) is 0 Å². The summed E-state index contributed by atoms with van der Waals surface area (Å²) in [7, 11) is 6.04. The number of aliphatic imine (C=N–C) groups is 1. The number of aromatic amines is 1. The summed E-state index contributed by atoms with van der Waals surface area (Å²) in [5, 5.41) is 6.59. The average molecular weight is 514 g/mol. The summed E-state index contributed by atoms with van der Waals surface area (Å²) in [6.07, 6.45) is 9.49. The molecule has 0 radical (unpaired) electrons. The van der Waals surface area contributed by atoms with Gasteiger partial charge in [0.15, 0.2) is 11.6 Å². The van der Waals surface area contributed by atoms with Gasteiger partial charge in [-0.15, -0.1) is 0 Å². The van der Waals surface area contributed by atoms with Crippen LogP contribution in [0.4, 0.5) is 15.9 Å². The van der Waals surface area contributed by atoms with E-state index in [0.29, 0.717) is 30.3 Å². The van der Waals surface area contributed by atoms with E-state index < -0.39 is 0 Å². The van der Waals surface area contributed by atoms with Gasteiger partial charge in [-0.25, -0.2) is 9.37 Å². The highest BCUT2D eigenvalue weighted by molar-refractivity contribution is 6.13. The minimum Gasteiger partial charge on any atom is -0.376 e. The molecule has 0 amide bonds. The average Bonchev–Trinajstić information content (AvgIpc) is 3.08. The number of allylic oxidation sites excluding steroid dienone is 2. The molecular formula is C28H32FN9. The second-order valence-corrected chi connectivity index (χ2v) is 10.1. The van der Waals surface area contributed by atoms with Crippen LogP contribution in [-0.4, -0.2) is 84.5 Å². The van der Waals surface area contributed by atoms with Gasteiger partial charge in [0, 0.05) is 75.9 Å². The molecule has 6 rings (SSSR count). The zero-order valence-corrected chi connectivity index (χ0v) is 21.9. The van der Waals surface area contributed by atoms with Gasteiger partial charge in [-0.05, 0) is 43.0 Å². The van der Waals surface area contributed by atoms with Crippen LogP contribution in [0.25, 0.3) is 16.8 Å². The first-order chi connectivity index (χ1) is 18.5. The zero-order valence-electron chi connectivity index (χ0n) is 21.9. The molecule has 196 valence electrons. The molecule has 0 spiro atoms. The Balaban J connectivity index is 1.41. The lowest BCUT2D eigenvalue weighted by molar-refractivity contribution is 0.207. The first-order valence-corrected chi connectivity index (χ1v) is 12.9. The maximum absolute atomic E-state index is 15.4. The quantitative estimate of drug-likeness (QED) is 0.494. The van der Waals surface area contributed by atoms with Gasteiger partial charge in [0.25, 0.3) is 0 Å². The topological polar surface area (TPSA) is 87.7 Å². The summed E-state index contributed by atoms with van der Waals surface area (Å²) in [4.78, 5) is 24.4. The molecule has 1 fully saturated rings. The van der Waals surface area contributed by atoms with Crippen LogP contribution in [0.15, 0.2) is 53.9 Å². The first kappa shape index (κ1) is 24.3. The standard InChI is InChI=1S/C28H32FN9/c1-36(2)20-11-18(14-30-16-20)21-13-22-19(12-23(21)29)15-31-17-33-25(22)28-34-26-24(5-4-6-32-27(26)35-28)38-9-7-37(3)8-10-38/h4-6,11-14,16,31-32H,7-10,15,17H2,1-3H3,(H,34,35). The van der Waals surface area contributed by atoms with Crippen molar-refractivity contribution in [1.82, 2.24) is 30.1 Å². The number of piperazine rings is 1. The summed E-state index contributed by atoms with van der Waals surface area (Å²) in [5.41, 5.74) is 6.55. The Labute approximate surface area is 221 Å².